The molecule has 1 saturated heterocycles. The number of benzene rings is 1. The molecule has 1 amide bonds. The summed E-state index contributed by atoms with van der Waals surface area (Å²) >= 11 is 0. The van der Waals surface area contributed by atoms with Gasteiger partial charge in [0.25, 0.3) is 0 Å². The highest BCUT2D eigenvalue weighted by Crippen LogP contribution is 2.27. The van der Waals surface area contributed by atoms with E-state index in [2.05, 4.69) is 15.4 Å². The Kier molecular flexibility index (Phi) is 4.43. The summed E-state index contributed by atoms with van der Waals surface area (Å²) in [5.74, 6) is -0.487. The second-order valence-corrected chi connectivity index (χ2v) is 5.24. The van der Waals surface area contributed by atoms with Gasteiger partial charge in [-0.3, -0.25) is 4.79 Å². The monoisotopic (exact) mass is 304 g/mol. The lowest BCUT2D eigenvalue weighted by Crippen LogP contribution is -2.38. The normalized spacial score (nSPS) is 19.0. The highest BCUT2D eigenvalue weighted by molar-refractivity contribution is 5.76. The van der Waals surface area contributed by atoms with Gasteiger partial charge in [-0.25, -0.2) is 14.1 Å². The van der Waals surface area contributed by atoms with E-state index in [0.717, 1.165) is 18.4 Å². The predicted molar refractivity (Wildman–Crippen MR) is 76.3 cm³/mol. The van der Waals surface area contributed by atoms with Gasteiger partial charge in [-0.1, -0.05) is 12.1 Å². The molecule has 0 bridgehead atoms. The van der Waals surface area contributed by atoms with Crippen molar-refractivity contribution in [2.75, 3.05) is 6.61 Å². The van der Waals surface area contributed by atoms with Crippen LogP contribution >= 0.6 is 0 Å². The van der Waals surface area contributed by atoms with Gasteiger partial charge in [0.15, 0.2) is 0 Å². The van der Waals surface area contributed by atoms with Crippen LogP contribution in [-0.4, -0.2) is 33.4 Å². The van der Waals surface area contributed by atoms with Gasteiger partial charge in [0, 0.05) is 6.61 Å². The van der Waals surface area contributed by atoms with Crippen LogP contribution in [0.15, 0.2) is 36.9 Å². The van der Waals surface area contributed by atoms with Gasteiger partial charge in [0.2, 0.25) is 5.91 Å². The van der Waals surface area contributed by atoms with Crippen LogP contribution in [-0.2, 0) is 16.1 Å². The maximum absolute atomic E-state index is 13.1. The van der Waals surface area contributed by atoms with E-state index >= 15 is 0 Å². The summed E-state index contributed by atoms with van der Waals surface area (Å²) in [6, 6.07) is 5.84. The molecule has 2 atom stereocenters. The van der Waals surface area contributed by atoms with Gasteiger partial charge in [0.05, 0.1) is 12.1 Å². The summed E-state index contributed by atoms with van der Waals surface area (Å²) in [5.41, 5.74) is 0.834. The van der Waals surface area contributed by atoms with Gasteiger partial charge in [0.1, 0.15) is 25.0 Å². The summed E-state index contributed by atoms with van der Waals surface area (Å²) in [4.78, 5) is 16.0. The van der Waals surface area contributed by atoms with E-state index < -0.39 is 0 Å². The molecular weight excluding hydrogens is 287 g/mol. The van der Waals surface area contributed by atoms with Crippen LogP contribution in [0, 0.1) is 5.82 Å². The first kappa shape index (κ1) is 14.6. The van der Waals surface area contributed by atoms with Gasteiger partial charge in [-0.2, -0.15) is 5.10 Å². The Morgan fingerprint density at radius 2 is 2.27 bits per heavy atom. The number of amides is 1. The molecule has 1 aromatic heterocycles. The van der Waals surface area contributed by atoms with Crippen molar-refractivity contribution in [3.63, 3.8) is 0 Å². The number of hydrogen-bond acceptors (Lipinski definition) is 4. The SMILES string of the molecule is O=C(Cn1cncn1)N[C@H](c1ccc(F)cc1)[C@@H]1CCCO1. The molecule has 6 nitrogen and oxygen atoms in total. The highest BCUT2D eigenvalue weighted by atomic mass is 19.1. The molecule has 2 aromatic rings. The molecule has 0 saturated carbocycles. The van der Waals surface area contributed by atoms with Crippen LogP contribution in [0.5, 0.6) is 0 Å². The summed E-state index contributed by atoms with van der Waals surface area (Å²) in [6.45, 7) is 0.770. The third-order valence-electron chi connectivity index (χ3n) is 3.65. The predicted octanol–water partition coefficient (Wildman–Crippen LogP) is 1.45. The van der Waals surface area contributed by atoms with Crippen molar-refractivity contribution < 1.29 is 13.9 Å². The van der Waals surface area contributed by atoms with Crippen molar-refractivity contribution in [3.8, 4) is 0 Å². The summed E-state index contributed by atoms with van der Waals surface area (Å²) < 4.78 is 20.2. The minimum Gasteiger partial charge on any atom is -0.376 e. The van der Waals surface area contributed by atoms with Crippen LogP contribution in [0.4, 0.5) is 4.39 Å². The first-order valence-corrected chi connectivity index (χ1v) is 7.21. The minimum atomic E-state index is -0.302. The number of nitrogens with one attached hydrogen (secondary N) is 1. The number of halogens is 1. The molecular formula is C15H17FN4O2. The zero-order chi connectivity index (χ0) is 15.4. The summed E-state index contributed by atoms with van der Waals surface area (Å²) in [5, 5.41) is 6.87. The van der Waals surface area contributed by atoms with Gasteiger partial charge in [-0.15, -0.1) is 0 Å². The zero-order valence-electron chi connectivity index (χ0n) is 12.0. The van der Waals surface area contributed by atoms with Crippen LogP contribution < -0.4 is 5.32 Å². The number of carbonyl (C=O) groups is 1. The Balaban J connectivity index is 1.73. The smallest absolute Gasteiger partial charge is 0.242 e. The molecule has 1 N–H and O–H groups in total. The Morgan fingerprint density at radius 3 is 2.91 bits per heavy atom. The number of aromatic nitrogens is 3. The topological polar surface area (TPSA) is 69.0 Å². The van der Waals surface area contributed by atoms with Crippen LogP contribution in [0.1, 0.15) is 24.4 Å². The van der Waals surface area contributed by atoms with Gasteiger partial charge in [-0.05, 0) is 30.5 Å². The third kappa shape index (κ3) is 3.48. The molecule has 0 spiro atoms. The first-order chi connectivity index (χ1) is 10.7. The summed E-state index contributed by atoms with van der Waals surface area (Å²) in [6.07, 6.45) is 4.60. The zero-order valence-corrected chi connectivity index (χ0v) is 12.0. The standard InChI is InChI=1S/C15H17FN4O2/c16-12-5-3-11(4-6-12)15(13-2-1-7-22-13)19-14(21)8-20-10-17-9-18-20/h3-6,9-10,13,15H,1-2,7-8H2,(H,19,21)/t13-,15+/m0/s1. The van der Waals surface area contributed by atoms with Gasteiger partial charge >= 0.3 is 0 Å². The number of hydrogen-bond donors (Lipinski definition) is 1. The molecule has 22 heavy (non-hydrogen) atoms. The fourth-order valence-electron chi connectivity index (χ4n) is 2.61. The minimum absolute atomic E-state index is 0.0877. The van der Waals surface area contributed by atoms with Crippen molar-refractivity contribution in [2.24, 2.45) is 0 Å². The Bertz CT molecular complexity index is 609. The lowest BCUT2D eigenvalue weighted by atomic mass is 9.99. The van der Waals surface area contributed by atoms with Crippen molar-refractivity contribution in [1.82, 2.24) is 20.1 Å². The maximum Gasteiger partial charge on any atom is 0.242 e. The van der Waals surface area contributed by atoms with Crippen molar-refractivity contribution in [3.05, 3.63) is 48.3 Å². The third-order valence-corrected chi connectivity index (χ3v) is 3.65. The van der Waals surface area contributed by atoms with Gasteiger partial charge < -0.3 is 10.1 Å². The largest absolute Gasteiger partial charge is 0.376 e. The lowest BCUT2D eigenvalue weighted by Gasteiger charge is -2.24. The Morgan fingerprint density at radius 1 is 1.45 bits per heavy atom. The second-order valence-electron chi connectivity index (χ2n) is 5.24. The molecule has 1 aliphatic rings. The van der Waals surface area contributed by atoms with Crippen LogP contribution in [0.2, 0.25) is 0 Å². The van der Waals surface area contributed by atoms with Crippen molar-refractivity contribution in [2.45, 2.75) is 31.5 Å². The fourth-order valence-corrected chi connectivity index (χ4v) is 2.61. The molecule has 1 aliphatic heterocycles. The molecule has 7 heteroatoms. The Labute approximate surface area is 127 Å². The van der Waals surface area contributed by atoms with Crippen LogP contribution in [0.3, 0.4) is 0 Å². The first-order valence-electron chi connectivity index (χ1n) is 7.21. The average molecular weight is 304 g/mol. The lowest BCUT2D eigenvalue weighted by molar-refractivity contribution is -0.123. The van der Waals surface area contributed by atoms with Crippen LogP contribution in [0.25, 0.3) is 0 Å². The summed E-state index contributed by atoms with van der Waals surface area (Å²) in [7, 11) is 0. The Hall–Kier alpha value is -2.28. The molecule has 116 valence electrons. The fraction of sp³-hybridized carbons (Fsp3) is 0.400. The van der Waals surface area contributed by atoms with E-state index in [1.165, 1.54) is 29.5 Å². The van der Waals surface area contributed by atoms with E-state index in [9.17, 15) is 9.18 Å². The molecule has 1 aromatic carbocycles. The van der Waals surface area contributed by atoms with Crippen molar-refractivity contribution in [1.29, 1.82) is 0 Å². The van der Waals surface area contributed by atoms with E-state index in [1.807, 2.05) is 0 Å². The number of rotatable bonds is 5. The quantitative estimate of drug-likeness (QED) is 0.908. The molecule has 2 heterocycles. The molecule has 0 unspecified atom stereocenters. The van der Waals surface area contributed by atoms with Crippen molar-refractivity contribution >= 4 is 5.91 Å². The number of ether oxygens (including phenoxy) is 1. The second kappa shape index (κ2) is 6.65. The average Bonchev–Trinajstić information content (AvgIpc) is 3.19. The van der Waals surface area contributed by atoms with E-state index in [4.69, 9.17) is 4.74 Å². The molecule has 3 rings (SSSR count). The van der Waals surface area contributed by atoms with E-state index in [0.29, 0.717) is 6.61 Å². The molecule has 0 radical (unpaired) electrons. The molecule has 1 fully saturated rings. The number of nitrogens with zero attached hydrogens (tertiary/aromatic N) is 3. The highest BCUT2D eigenvalue weighted by Gasteiger charge is 2.28. The molecule has 0 aliphatic carbocycles. The number of carbonyl (C=O) groups excluding carboxylic acids is 1. The van der Waals surface area contributed by atoms with E-state index in [1.54, 1.807) is 12.1 Å². The maximum atomic E-state index is 13.1. The van der Waals surface area contributed by atoms with E-state index in [-0.39, 0.29) is 30.4 Å².